The second-order valence-corrected chi connectivity index (χ2v) is 12.9. The van der Waals surface area contributed by atoms with E-state index in [2.05, 4.69) is 25.3 Å². The van der Waals surface area contributed by atoms with Gasteiger partial charge in [0.15, 0.2) is 23.6 Å². The molecule has 0 unspecified atom stereocenters. The van der Waals surface area contributed by atoms with Crippen LogP contribution in [0.2, 0.25) is 4.34 Å². The minimum Gasteiger partial charge on any atom is -0.543 e. The van der Waals surface area contributed by atoms with E-state index in [0.29, 0.717) is 5.57 Å². The Hall–Kier alpha value is -4.19. The molecule has 1 saturated heterocycles. The Morgan fingerprint density at radius 1 is 1.38 bits per heavy atom. The lowest BCUT2D eigenvalue weighted by Crippen LogP contribution is -2.71. The monoisotopic (exact) mass is 676 g/mol. The van der Waals surface area contributed by atoms with E-state index >= 15 is 0 Å². The number of fused-ring (bicyclic) bond motifs is 2. The summed E-state index contributed by atoms with van der Waals surface area (Å²) in [4.78, 5) is 60.2. The Labute approximate surface area is 269 Å². The van der Waals surface area contributed by atoms with Crippen molar-refractivity contribution < 1.29 is 38.8 Å². The molecular formula is C27H29ClN8O7S2. The number of thioether (sulfide) groups is 1. The molecule has 0 spiro atoms. The molecule has 3 atom stereocenters. The number of rotatable bonds is 13. The highest BCUT2D eigenvalue weighted by atomic mass is 35.5. The van der Waals surface area contributed by atoms with Crippen LogP contribution in [0.1, 0.15) is 19.0 Å². The van der Waals surface area contributed by atoms with Crippen molar-refractivity contribution in [1.82, 2.24) is 25.1 Å². The predicted octanol–water partition coefficient (Wildman–Crippen LogP) is -0.472. The topological polar surface area (TPSA) is 208 Å². The van der Waals surface area contributed by atoms with E-state index in [9.17, 15) is 24.3 Å². The van der Waals surface area contributed by atoms with Crippen LogP contribution in [-0.4, -0.2) is 85.9 Å². The van der Waals surface area contributed by atoms with Gasteiger partial charge in [0.25, 0.3) is 11.8 Å². The van der Waals surface area contributed by atoms with Gasteiger partial charge in [-0.25, -0.2) is 9.78 Å². The minimum absolute atomic E-state index is 0.00535. The fourth-order valence-electron chi connectivity index (χ4n) is 5.02. The summed E-state index contributed by atoms with van der Waals surface area (Å²) in [5, 5.41) is 30.1. The zero-order valence-corrected chi connectivity index (χ0v) is 26.4. The van der Waals surface area contributed by atoms with Crippen molar-refractivity contribution in [3.63, 3.8) is 0 Å². The Balaban J connectivity index is 1.36. The van der Waals surface area contributed by atoms with Crippen LogP contribution in [-0.2, 0) is 37.1 Å². The molecule has 2 aliphatic heterocycles. The summed E-state index contributed by atoms with van der Waals surface area (Å²) in [6.45, 7) is 3.10. The van der Waals surface area contributed by atoms with E-state index in [1.807, 2.05) is 42.2 Å². The highest BCUT2D eigenvalue weighted by Crippen LogP contribution is 2.40. The van der Waals surface area contributed by atoms with Gasteiger partial charge in [0.1, 0.15) is 27.0 Å². The number of hydrogen-bond donors (Lipinski definition) is 4. The van der Waals surface area contributed by atoms with Gasteiger partial charge in [-0.1, -0.05) is 28.1 Å². The lowest BCUT2D eigenvalue weighted by atomic mass is 10.0. The Morgan fingerprint density at radius 2 is 2.16 bits per heavy atom. The van der Waals surface area contributed by atoms with Crippen LogP contribution in [0.5, 0.6) is 0 Å². The third-order valence-electron chi connectivity index (χ3n) is 7.22. The second kappa shape index (κ2) is 13.4. The van der Waals surface area contributed by atoms with E-state index in [-0.39, 0.29) is 33.2 Å². The number of nitrogens with one attached hydrogen (secondary N) is 2. The normalized spacial score (nSPS) is 18.9. The number of carbonyl (C=O) groups excluding carboxylic acids is 3. The summed E-state index contributed by atoms with van der Waals surface area (Å²) in [5.41, 5.74) is 7.20. The molecule has 2 aliphatic rings. The Morgan fingerprint density at radius 3 is 2.82 bits per heavy atom. The molecule has 0 aliphatic carbocycles. The number of carboxylic acid groups (broad SMARTS) is 2. The molecule has 0 bridgehead atoms. The number of aromatic nitrogens is 3. The van der Waals surface area contributed by atoms with E-state index in [1.54, 1.807) is 0 Å². The van der Waals surface area contributed by atoms with Crippen LogP contribution in [0, 0.1) is 0 Å². The fourth-order valence-corrected chi connectivity index (χ4v) is 7.28. The van der Waals surface area contributed by atoms with Crippen LogP contribution in [0.4, 0.5) is 5.13 Å². The molecule has 45 heavy (non-hydrogen) atoms. The number of aliphatic carboxylic acids is 2. The van der Waals surface area contributed by atoms with Crippen LogP contribution >= 0.6 is 34.7 Å². The van der Waals surface area contributed by atoms with Crippen molar-refractivity contribution in [2.24, 2.45) is 5.16 Å². The highest BCUT2D eigenvalue weighted by Gasteiger charge is 2.53. The number of β-lactam (4-membered cyclic amide) rings is 1. The minimum atomic E-state index is -1.51. The van der Waals surface area contributed by atoms with Crippen molar-refractivity contribution in [2.45, 2.75) is 44.0 Å². The van der Waals surface area contributed by atoms with Gasteiger partial charge in [0.2, 0.25) is 11.6 Å². The first-order chi connectivity index (χ1) is 21.5. The second-order valence-electron chi connectivity index (χ2n) is 10.2. The average Bonchev–Trinajstić information content (AvgIpc) is 3.57. The van der Waals surface area contributed by atoms with Gasteiger partial charge >= 0.3 is 5.97 Å². The van der Waals surface area contributed by atoms with Gasteiger partial charge in [-0.3, -0.25) is 14.5 Å². The van der Waals surface area contributed by atoms with Gasteiger partial charge in [-0.2, -0.15) is 4.57 Å². The maximum Gasteiger partial charge on any atom is 0.347 e. The highest BCUT2D eigenvalue weighted by molar-refractivity contribution is 8.00. The SMILES string of the molecule is CNCCCn1ccc2c1ccc[n+]2CC1=C(C(=O)[O-])N2C(=O)[C@@H](NC(=O)/C(=N\O[C@@H](C)C(=O)O)c3nc(N)sc3Cl)[C@H]2SC1. The number of aryl methyl sites for hydroxylation is 1. The standard InChI is InChI=1S/C27H29ClN8O7S2/c1-13(25(39)40)43-33-18(17-21(28)45-27(29)32-17)22(37)31-19-23(38)36-20(26(41)42)14(12-44-24(19)36)11-35-8-3-5-15-16(35)6-10-34(15)9-4-7-30-2/h3,5-6,8,10,13,19,24,30H,4,7,9,11-12H2,1-2H3,(H4-,29,31,32,37,39,40,41,42)/b33-18-/t13-,19+,24+/m0/s1. The van der Waals surface area contributed by atoms with E-state index in [1.165, 1.54) is 18.7 Å². The molecule has 0 aromatic carbocycles. The summed E-state index contributed by atoms with van der Waals surface area (Å²) < 4.78 is 4.05. The number of pyridine rings is 1. The summed E-state index contributed by atoms with van der Waals surface area (Å²) in [7, 11) is 1.90. The quantitative estimate of drug-likeness (QED) is 0.0598. The summed E-state index contributed by atoms with van der Waals surface area (Å²) in [6, 6.07) is 4.72. The Kier molecular flexibility index (Phi) is 9.62. The number of nitrogens with zero attached hydrogens (tertiary/aromatic N) is 5. The van der Waals surface area contributed by atoms with Crippen molar-refractivity contribution in [2.75, 3.05) is 25.1 Å². The van der Waals surface area contributed by atoms with E-state index in [0.717, 1.165) is 46.8 Å². The summed E-state index contributed by atoms with van der Waals surface area (Å²) in [6.07, 6.45) is 3.37. The molecule has 15 nitrogen and oxygen atoms in total. The lowest BCUT2D eigenvalue weighted by molar-refractivity contribution is -0.663. The van der Waals surface area contributed by atoms with Crippen LogP contribution in [0.15, 0.2) is 47.0 Å². The number of anilines is 1. The molecule has 3 aromatic rings. The first-order valence-corrected chi connectivity index (χ1v) is 16.0. The summed E-state index contributed by atoms with van der Waals surface area (Å²) >= 11 is 8.31. The Bertz CT molecular complexity index is 1740. The number of nitrogen functional groups attached to an aromatic ring is 1. The molecule has 1 fully saturated rings. The fraction of sp³-hybridized carbons (Fsp3) is 0.370. The van der Waals surface area contributed by atoms with Crippen LogP contribution < -0.4 is 26.0 Å². The van der Waals surface area contributed by atoms with Gasteiger partial charge < -0.3 is 40.8 Å². The number of carbonyl (C=O) groups is 4. The number of halogens is 1. The molecule has 238 valence electrons. The van der Waals surface area contributed by atoms with Crippen LogP contribution in [0.3, 0.4) is 0 Å². The number of nitrogens with two attached hydrogens (primary N) is 1. The number of amides is 2. The number of hydrogen-bond acceptors (Lipinski definition) is 12. The molecule has 5 rings (SSSR count). The van der Waals surface area contributed by atoms with Crippen LogP contribution in [0.25, 0.3) is 11.0 Å². The lowest BCUT2D eigenvalue weighted by Gasteiger charge is -2.50. The third-order valence-corrected chi connectivity index (χ3v) is 9.64. The molecule has 5 N–H and O–H groups in total. The number of thiazole rings is 1. The van der Waals surface area contributed by atoms with Gasteiger partial charge in [-0.05, 0) is 33.0 Å². The largest absolute Gasteiger partial charge is 0.543 e. The maximum atomic E-state index is 13.3. The smallest absolute Gasteiger partial charge is 0.347 e. The number of oxime groups is 1. The summed E-state index contributed by atoms with van der Waals surface area (Å²) in [5.74, 6) is -4.19. The van der Waals surface area contributed by atoms with Gasteiger partial charge in [0.05, 0.1) is 11.7 Å². The van der Waals surface area contributed by atoms with E-state index < -0.39 is 47.0 Å². The molecular weight excluding hydrogens is 648 g/mol. The zero-order valence-electron chi connectivity index (χ0n) is 24.1. The van der Waals surface area contributed by atoms with Gasteiger partial charge in [-0.15, -0.1) is 11.8 Å². The molecule has 18 heteroatoms. The van der Waals surface area contributed by atoms with Crippen molar-refractivity contribution in [1.29, 1.82) is 0 Å². The maximum absolute atomic E-state index is 13.3. The van der Waals surface area contributed by atoms with Gasteiger partial charge in [0, 0.05) is 36.2 Å². The molecule has 0 radical (unpaired) electrons. The number of carboxylic acids is 2. The van der Waals surface area contributed by atoms with Crippen molar-refractivity contribution >= 4 is 80.3 Å². The van der Waals surface area contributed by atoms with E-state index in [4.69, 9.17) is 27.3 Å². The third kappa shape index (κ3) is 6.47. The average molecular weight is 677 g/mol. The molecule has 0 saturated carbocycles. The van der Waals surface area contributed by atoms with Crippen molar-refractivity contribution in [3.05, 3.63) is 51.9 Å². The predicted molar refractivity (Wildman–Crippen MR) is 164 cm³/mol. The first-order valence-electron chi connectivity index (χ1n) is 13.7. The van der Waals surface area contributed by atoms with Crippen molar-refractivity contribution in [3.8, 4) is 0 Å². The molecule has 3 aromatic heterocycles. The zero-order chi connectivity index (χ0) is 32.4. The first kappa shape index (κ1) is 32.2. The molecule has 2 amide bonds. The molecule has 5 heterocycles.